The first-order valence-corrected chi connectivity index (χ1v) is 6.84. The number of benzene rings is 2. The lowest BCUT2D eigenvalue weighted by atomic mass is 10.1. The average Bonchev–Trinajstić information content (AvgIpc) is 2.79. The Bertz CT molecular complexity index is 580. The molecule has 2 aromatic rings. The minimum absolute atomic E-state index is 0.325. The molecular weight excluding hydrogens is 308 g/mol. The van der Waals surface area contributed by atoms with Crippen molar-refractivity contribution in [2.45, 2.75) is 12.7 Å². The third-order valence-electron chi connectivity index (χ3n) is 3.06. The molecule has 1 aliphatic rings. The predicted octanol–water partition coefficient (Wildman–Crippen LogP) is 3.45. The van der Waals surface area contributed by atoms with E-state index in [0.29, 0.717) is 19.0 Å². The van der Waals surface area contributed by atoms with Gasteiger partial charge in [0.2, 0.25) is 0 Å². The summed E-state index contributed by atoms with van der Waals surface area (Å²) in [5.74, 6) is 1.46. The summed E-state index contributed by atoms with van der Waals surface area (Å²) in [5.41, 5.74) is 1.93. The van der Waals surface area contributed by atoms with Gasteiger partial charge in [-0.25, -0.2) is 0 Å². The third kappa shape index (κ3) is 2.74. The fraction of sp³-hybridized carbons (Fsp3) is 0.200. The molecule has 98 valence electrons. The lowest BCUT2D eigenvalue weighted by Gasteiger charge is -2.08. The Morgan fingerprint density at radius 1 is 1.21 bits per heavy atom. The van der Waals surface area contributed by atoms with Crippen molar-refractivity contribution in [3.63, 3.8) is 0 Å². The molecule has 1 unspecified atom stereocenters. The molecule has 0 spiro atoms. The molecule has 4 heteroatoms. The van der Waals surface area contributed by atoms with Crippen molar-refractivity contribution < 1.29 is 14.6 Å². The lowest BCUT2D eigenvalue weighted by molar-refractivity contribution is 0.140. The molecule has 1 heterocycles. The maximum Gasteiger partial charge on any atom is 0.129 e. The summed E-state index contributed by atoms with van der Waals surface area (Å²) in [6, 6.07) is 13.5. The van der Waals surface area contributed by atoms with Crippen LogP contribution < -0.4 is 9.47 Å². The van der Waals surface area contributed by atoms with Crippen molar-refractivity contribution in [3.8, 4) is 11.5 Å². The van der Waals surface area contributed by atoms with Crippen LogP contribution in [0.2, 0.25) is 0 Å². The molecule has 3 nitrogen and oxygen atoms in total. The summed E-state index contributed by atoms with van der Waals surface area (Å²) in [5, 5.41) is 9.64. The van der Waals surface area contributed by atoms with Crippen LogP contribution in [0.5, 0.6) is 11.5 Å². The van der Waals surface area contributed by atoms with Gasteiger partial charge in [-0.2, -0.15) is 0 Å². The largest absolute Gasteiger partial charge is 0.490 e. The van der Waals surface area contributed by atoms with Crippen LogP contribution in [0.15, 0.2) is 46.9 Å². The highest BCUT2D eigenvalue weighted by Crippen LogP contribution is 2.35. The monoisotopic (exact) mass is 320 g/mol. The number of halogens is 1. The highest BCUT2D eigenvalue weighted by atomic mass is 79.9. The van der Waals surface area contributed by atoms with Crippen molar-refractivity contribution in [2.24, 2.45) is 0 Å². The highest BCUT2D eigenvalue weighted by Gasteiger charge is 2.21. The Kier molecular flexibility index (Phi) is 3.44. The molecule has 1 aliphatic heterocycles. The second-order valence-electron chi connectivity index (χ2n) is 4.44. The molecule has 3 rings (SSSR count). The number of hydrogen-bond donors (Lipinski definition) is 1. The second kappa shape index (κ2) is 5.23. The van der Waals surface area contributed by atoms with Gasteiger partial charge >= 0.3 is 0 Å². The van der Waals surface area contributed by atoms with Gasteiger partial charge in [0, 0.05) is 16.1 Å². The molecule has 0 saturated heterocycles. The van der Waals surface area contributed by atoms with Crippen LogP contribution in [0.3, 0.4) is 0 Å². The first-order valence-electron chi connectivity index (χ1n) is 6.04. The van der Waals surface area contributed by atoms with Gasteiger partial charge in [0.15, 0.2) is 0 Å². The van der Waals surface area contributed by atoms with Crippen LogP contribution >= 0.6 is 15.9 Å². The van der Waals surface area contributed by atoms with Crippen LogP contribution in [0.4, 0.5) is 0 Å². The maximum atomic E-state index is 9.64. The number of fused-ring (bicyclic) bond motifs is 1. The van der Waals surface area contributed by atoms with Crippen molar-refractivity contribution in [1.29, 1.82) is 0 Å². The predicted molar refractivity (Wildman–Crippen MR) is 75.4 cm³/mol. The second-order valence-corrected chi connectivity index (χ2v) is 5.36. The van der Waals surface area contributed by atoms with Crippen molar-refractivity contribution in [3.05, 3.63) is 58.1 Å². The van der Waals surface area contributed by atoms with Crippen LogP contribution in [-0.4, -0.2) is 11.7 Å². The van der Waals surface area contributed by atoms with E-state index in [1.54, 1.807) is 0 Å². The molecule has 0 aromatic heterocycles. The van der Waals surface area contributed by atoms with Crippen LogP contribution in [0.25, 0.3) is 0 Å². The molecule has 1 N–H and O–H groups in total. The number of aliphatic hydroxyl groups is 1. The molecule has 2 aromatic carbocycles. The van der Waals surface area contributed by atoms with Crippen LogP contribution in [-0.2, 0) is 6.61 Å². The minimum Gasteiger partial charge on any atom is -0.490 e. The van der Waals surface area contributed by atoms with E-state index in [1.807, 2.05) is 42.5 Å². The van der Waals surface area contributed by atoms with E-state index in [-0.39, 0.29) is 0 Å². The van der Waals surface area contributed by atoms with Crippen molar-refractivity contribution >= 4 is 15.9 Å². The Morgan fingerprint density at radius 3 is 2.79 bits per heavy atom. The normalized spacial score (nSPS) is 16.8. The van der Waals surface area contributed by atoms with Gasteiger partial charge in [-0.3, -0.25) is 0 Å². The molecule has 19 heavy (non-hydrogen) atoms. The quantitative estimate of drug-likeness (QED) is 0.941. The summed E-state index contributed by atoms with van der Waals surface area (Å²) in [6.45, 7) is 0.833. The molecule has 1 atom stereocenters. The van der Waals surface area contributed by atoms with E-state index in [2.05, 4.69) is 15.9 Å². The smallest absolute Gasteiger partial charge is 0.129 e. The molecular formula is C15H13BrO3. The molecule has 0 fully saturated rings. The summed E-state index contributed by atoms with van der Waals surface area (Å²) >= 11 is 3.40. The fourth-order valence-corrected chi connectivity index (χ4v) is 2.27. The summed E-state index contributed by atoms with van der Waals surface area (Å²) in [6.07, 6.45) is -0.518. The average molecular weight is 321 g/mol. The van der Waals surface area contributed by atoms with E-state index < -0.39 is 6.10 Å². The van der Waals surface area contributed by atoms with Gasteiger partial charge in [-0.15, -0.1) is 0 Å². The van der Waals surface area contributed by atoms with E-state index >= 15 is 0 Å². The highest BCUT2D eigenvalue weighted by molar-refractivity contribution is 9.10. The van der Waals surface area contributed by atoms with E-state index in [9.17, 15) is 5.11 Å². The molecule has 0 amide bonds. The summed E-state index contributed by atoms with van der Waals surface area (Å²) < 4.78 is 12.2. The van der Waals surface area contributed by atoms with Gasteiger partial charge in [0.1, 0.15) is 30.8 Å². The lowest BCUT2D eigenvalue weighted by Crippen LogP contribution is -1.97. The third-order valence-corrected chi connectivity index (χ3v) is 3.59. The first kappa shape index (κ1) is 12.5. The van der Waals surface area contributed by atoms with Crippen molar-refractivity contribution in [1.82, 2.24) is 0 Å². The molecule has 0 bridgehead atoms. The van der Waals surface area contributed by atoms with E-state index in [4.69, 9.17) is 9.47 Å². The summed E-state index contributed by atoms with van der Waals surface area (Å²) in [4.78, 5) is 0. The van der Waals surface area contributed by atoms with Gasteiger partial charge < -0.3 is 14.6 Å². The first-order chi connectivity index (χ1) is 9.22. The van der Waals surface area contributed by atoms with Gasteiger partial charge in [-0.1, -0.05) is 28.1 Å². The Morgan fingerprint density at radius 2 is 2.00 bits per heavy atom. The maximum absolute atomic E-state index is 9.64. The van der Waals surface area contributed by atoms with Gasteiger partial charge in [0.05, 0.1) is 0 Å². The number of hydrogen-bond acceptors (Lipinski definition) is 3. The standard InChI is InChI=1S/C15H13BrO3/c16-11-3-1-10(2-4-11)8-18-12-5-6-13-14(17)9-19-15(13)7-12/h1-7,14,17H,8-9H2. The number of rotatable bonds is 3. The number of ether oxygens (including phenoxy) is 2. The Labute approximate surface area is 119 Å². The van der Waals surface area contributed by atoms with Crippen molar-refractivity contribution in [2.75, 3.05) is 6.61 Å². The molecule has 0 radical (unpaired) electrons. The van der Waals surface area contributed by atoms with E-state index in [1.165, 1.54) is 0 Å². The molecule has 0 aliphatic carbocycles. The molecule has 0 saturated carbocycles. The van der Waals surface area contributed by atoms with Gasteiger partial charge in [0.25, 0.3) is 0 Å². The fourth-order valence-electron chi connectivity index (χ4n) is 2.01. The van der Waals surface area contributed by atoms with Crippen LogP contribution in [0, 0.1) is 0 Å². The van der Waals surface area contributed by atoms with Gasteiger partial charge in [-0.05, 0) is 29.8 Å². The SMILES string of the molecule is OC1COc2cc(OCc3ccc(Br)cc3)ccc21. The minimum atomic E-state index is -0.518. The Balaban J connectivity index is 1.69. The zero-order valence-electron chi connectivity index (χ0n) is 10.2. The van der Waals surface area contributed by atoms with E-state index in [0.717, 1.165) is 21.3 Å². The number of aliphatic hydroxyl groups excluding tert-OH is 1. The topological polar surface area (TPSA) is 38.7 Å². The zero-order valence-corrected chi connectivity index (χ0v) is 11.8. The van der Waals surface area contributed by atoms with Crippen LogP contribution in [0.1, 0.15) is 17.2 Å². The summed E-state index contributed by atoms with van der Waals surface area (Å²) in [7, 11) is 0. The Hall–Kier alpha value is -1.52. The zero-order chi connectivity index (χ0) is 13.2.